The van der Waals surface area contributed by atoms with Crippen LogP contribution >= 0.6 is 0 Å². The molecule has 1 aliphatic rings. The molecule has 1 saturated heterocycles. The van der Waals surface area contributed by atoms with Gasteiger partial charge in [-0.2, -0.15) is 4.98 Å². The van der Waals surface area contributed by atoms with E-state index in [2.05, 4.69) is 29.2 Å². The van der Waals surface area contributed by atoms with Crippen molar-refractivity contribution in [1.29, 1.82) is 0 Å². The minimum Gasteiger partial charge on any atom is -0.339 e. The third kappa shape index (κ3) is 3.48. The molecule has 0 radical (unpaired) electrons. The van der Waals surface area contributed by atoms with Crippen LogP contribution in [0.3, 0.4) is 0 Å². The summed E-state index contributed by atoms with van der Waals surface area (Å²) in [5.41, 5.74) is 9.72. The summed E-state index contributed by atoms with van der Waals surface area (Å²) in [6.45, 7) is 3.16. The Balaban J connectivity index is 1.51. The lowest BCUT2D eigenvalue weighted by atomic mass is 10.1. The topological polar surface area (TPSA) is 85.2 Å². The molecule has 1 unspecified atom stereocenters. The lowest BCUT2D eigenvalue weighted by Gasteiger charge is -2.16. The number of hydrogen-bond donors (Lipinski definition) is 1. The summed E-state index contributed by atoms with van der Waals surface area (Å²) in [5.74, 6) is 1.03. The molecule has 3 aromatic rings. The second-order valence-electron chi connectivity index (χ2n) is 6.78. The van der Waals surface area contributed by atoms with E-state index in [4.69, 9.17) is 10.3 Å². The Hall–Kier alpha value is -2.99. The van der Waals surface area contributed by atoms with Crippen molar-refractivity contribution < 1.29 is 9.32 Å². The Morgan fingerprint density at radius 1 is 1.11 bits per heavy atom. The summed E-state index contributed by atoms with van der Waals surface area (Å²) in [5, 5.41) is 4.08. The van der Waals surface area contributed by atoms with E-state index in [0.29, 0.717) is 31.2 Å². The predicted molar refractivity (Wildman–Crippen MR) is 103 cm³/mol. The summed E-state index contributed by atoms with van der Waals surface area (Å²) < 4.78 is 5.46. The molecule has 6 heteroatoms. The van der Waals surface area contributed by atoms with Crippen LogP contribution in [0.2, 0.25) is 0 Å². The van der Waals surface area contributed by atoms with Gasteiger partial charge in [0.25, 0.3) is 0 Å². The molecule has 0 bridgehead atoms. The summed E-state index contributed by atoms with van der Waals surface area (Å²) in [7, 11) is 0. The monoisotopic (exact) mass is 362 g/mol. The second kappa shape index (κ2) is 7.32. The van der Waals surface area contributed by atoms with Gasteiger partial charge in [-0.25, -0.2) is 0 Å². The fourth-order valence-corrected chi connectivity index (χ4v) is 3.34. The van der Waals surface area contributed by atoms with E-state index in [9.17, 15) is 4.79 Å². The minimum absolute atomic E-state index is 0.0799. The molecule has 0 spiro atoms. The van der Waals surface area contributed by atoms with Gasteiger partial charge in [-0.3, -0.25) is 4.79 Å². The molecule has 2 aromatic carbocycles. The van der Waals surface area contributed by atoms with E-state index in [1.807, 2.05) is 36.4 Å². The Kier molecular flexibility index (Phi) is 4.73. The first-order valence-corrected chi connectivity index (χ1v) is 9.20. The Bertz CT molecular complexity index is 932. The van der Waals surface area contributed by atoms with Crippen molar-refractivity contribution >= 4 is 11.6 Å². The lowest BCUT2D eigenvalue weighted by Crippen LogP contribution is -2.24. The highest BCUT2D eigenvalue weighted by Gasteiger charge is 2.35. The van der Waals surface area contributed by atoms with Crippen LogP contribution in [0, 0.1) is 0 Å². The van der Waals surface area contributed by atoms with E-state index in [0.717, 1.165) is 23.2 Å². The average Bonchev–Trinajstić information content (AvgIpc) is 3.35. The number of aromatic nitrogens is 2. The highest BCUT2D eigenvalue weighted by molar-refractivity contribution is 5.96. The van der Waals surface area contributed by atoms with Crippen LogP contribution in [0.1, 0.15) is 36.3 Å². The van der Waals surface area contributed by atoms with Crippen LogP contribution in [0.5, 0.6) is 0 Å². The highest BCUT2D eigenvalue weighted by atomic mass is 16.5. The molecule has 138 valence electrons. The van der Waals surface area contributed by atoms with Gasteiger partial charge < -0.3 is 15.2 Å². The molecular formula is C21H22N4O2. The first-order valence-electron chi connectivity index (χ1n) is 9.20. The Morgan fingerprint density at radius 3 is 2.48 bits per heavy atom. The van der Waals surface area contributed by atoms with Crippen LogP contribution in [0.15, 0.2) is 53.1 Å². The van der Waals surface area contributed by atoms with E-state index >= 15 is 0 Å². The van der Waals surface area contributed by atoms with E-state index in [1.54, 1.807) is 4.90 Å². The minimum atomic E-state index is -0.0899. The summed E-state index contributed by atoms with van der Waals surface area (Å²) >= 11 is 0. The second-order valence-corrected chi connectivity index (χ2v) is 6.78. The maximum atomic E-state index is 12.5. The lowest BCUT2D eigenvalue weighted by molar-refractivity contribution is -0.117. The third-order valence-electron chi connectivity index (χ3n) is 5.02. The number of rotatable bonds is 5. The molecule has 27 heavy (non-hydrogen) atoms. The number of nitrogens with zero attached hydrogens (tertiary/aromatic N) is 3. The Labute approximate surface area is 158 Å². The van der Waals surface area contributed by atoms with Crippen molar-refractivity contribution in [3.8, 4) is 11.4 Å². The van der Waals surface area contributed by atoms with Gasteiger partial charge in [-0.15, -0.1) is 0 Å². The van der Waals surface area contributed by atoms with Crippen molar-refractivity contribution in [2.24, 2.45) is 5.73 Å². The number of aryl methyl sites for hydroxylation is 1. The molecule has 1 aliphatic heterocycles. The first kappa shape index (κ1) is 17.4. The van der Waals surface area contributed by atoms with Crippen LogP contribution in [0.4, 0.5) is 5.69 Å². The summed E-state index contributed by atoms with van der Waals surface area (Å²) in [6, 6.07) is 15.9. The van der Waals surface area contributed by atoms with Gasteiger partial charge in [0, 0.05) is 30.8 Å². The molecule has 1 fully saturated rings. The number of carbonyl (C=O) groups is 1. The standard InChI is InChI=1S/C21H22N4O2/c1-2-14-5-9-18(10-6-14)25-13-17(11-19(25)26)21-23-20(24-27-21)16-7-3-15(12-22)4-8-16/h3-10,17H,2,11-13,22H2,1H3. The van der Waals surface area contributed by atoms with Crippen molar-refractivity contribution in [2.75, 3.05) is 11.4 Å². The van der Waals surface area contributed by atoms with E-state index in [1.165, 1.54) is 5.56 Å². The number of anilines is 1. The van der Waals surface area contributed by atoms with E-state index in [-0.39, 0.29) is 11.8 Å². The predicted octanol–water partition coefficient (Wildman–Crippen LogP) is 3.28. The summed E-state index contributed by atoms with van der Waals surface area (Å²) in [6.07, 6.45) is 1.36. The van der Waals surface area contributed by atoms with Gasteiger partial charge in [0.1, 0.15) is 0 Å². The molecule has 6 nitrogen and oxygen atoms in total. The normalized spacial score (nSPS) is 16.9. The zero-order valence-corrected chi connectivity index (χ0v) is 15.3. The summed E-state index contributed by atoms with van der Waals surface area (Å²) in [4.78, 5) is 18.8. The SMILES string of the molecule is CCc1ccc(N2CC(c3nc(-c4ccc(CN)cc4)no3)CC2=O)cc1. The van der Waals surface area contributed by atoms with Crippen LogP contribution < -0.4 is 10.6 Å². The van der Waals surface area contributed by atoms with E-state index < -0.39 is 0 Å². The smallest absolute Gasteiger partial charge is 0.232 e. The molecule has 1 amide bonds. The van der Waals surface area contributed by atoms with Crippen LogP contribution in [-0.2, 0) is 17.8 Å². The van der Waals surface area contributed by atoms with Gasteiger partial charge in [-0.1, -0.05) is 48.5 Å². The van der Waals surface area contributed by atoms with Gasteiger partial charge in [-0.05, 0) is 29.7 Å². The molecular weight excluding hydrogens is 340 g/mol. The van der Waals surface area contributed by atoms with Gasteiger partial charge in [0.05, 0.1) is 5.92 Å². The zero-order valence-electron chi connectivity index (χ0n) is 15.3. The molecule has 0 aliphatic carbocycles. The molecule has 0 saturated carbocycles. The van der Waals surface area contributed by atoms with Crippen LogP contribution in [-0.4, -0.2) is 22.6 Å². The molecule has 2 heterocycles. The van der Waals surface area contributed by atoms with Gasteiger partial charge >= 0.3 is 0 Å². The van der Waals surface area contributed by atoms with Gasteiger partial charge in [0.15, 0.2) is 0 Å². The van der Waals surface area contributed by atoms with Crippen molar-refractivity contribution in [1.82, 2.24) is 10.1 Å². The third-order valence-corrected chi connectivity index (χ3v) is 5.02. The number of benzene rings is 2. The number of amides is 1. The molecule has 2 N–H and O–H groups in total. The largest absolute Gasteiger partial charge is 0.339 e. The zero-order chi connectivity index (χ0) is 18.8. The Morgan fingerprint density at radius 2 is 1.81 bits per heavy atom. The van der Waals surface area contributed by atoms with Crippen molar-refractivity contribution in [3.05, 3.63) is 65.5 Å². The quantitative estimate of drug-likeness (QED) is 0.753. The van der Waals surface area contributed by atoms with Crippen LogP contribution in [0.25, 0.3) is 11.4 Å². The van der Waals surface area contributed by atoms with Gasteiger partial charge in [0.2, 0.25) is 17.6 Å². The molecule has 1 aromatic heterocycles. The van der Waals surface area contributed by atoms with Crippen molar-refractivity contribution in [3.63, 3.8) is 0 Å². The number of hydrogen-bond acceptors (Lipinski definition) is 5. The highest BCUT2D eigenvalue weighted by Crippen LogP contribution is 2.32. The fourth-order valence-electron chi connectivity index (χ4n) is 3.34. The van der Waals surface area contributed by atoms with Crippen molar-refractivity contribution in [2.45, 2.75) is 32.2 Å². The number of nitrogens with two attached hydrogens (primary N) is 1. The molecule has 1 atom stereocenters. The maximum absolute atomic E-state index is 12.5. The fraction of sp³-hybridized carbons (Fsp3) is 0.286. The number of carbonyl (C=O) groups excluding carboxylic acids is 1. The molecule has 4 rings (SSSR count). The average molecular weight is 362 g/mol. The maximum Gasteiger partial charge on any atom is 0.232 e. The first-order chi connectivity index (χ1) is 13.2.